The van der Waals surface area contributed by atoms with Crippen LogP contribution in [-0.4, -0.2) is 92.2 Å². The van der Waals surface area contributed by atoms with Gasteiger partial charge >= 0.3 is 0 Å². The van der Waals surface area contributed by atoms with Crippen LogP contribution in [0.5, 0.6) is 0 Å². The van der Waals surface area contributed by atoms with Gasteiger partial charge in [0.15, 0.2) is 0 Å². The lowest BCUT2D eigenvalue weighted by Gasteiger charge is -2.37. The van der Waals surface area contributed by atoms with E-state index in [-0.39, 0.29) is 25.5 Å². The highest BCUT2D eigenvalue weighted by atomic mass is 32.2. The Morgan fingerprint density at radius 1 is 0.882 bits per heavy atom. The molecule has 0 unspecified atom stereocenters. The molecule has 0 aromatic heterocycles. The first-order valence-electron chi connectivity index (χ1n) is 11.5. The van der Waals surface area contributed by atoms with Crippen molar-refractivity contribution in [3.63, 3.8) is 0 Å². The number of nitrogens with zero attached hydrogens (tertiary/aromatic N) is 4. The maximum absolute atomic E-state index is 14.0. The van der Waals surface area contributed by atoms with Crippen molar-refractivity contribution in [2.45, 2.75) is 18.4 Å². The zero-order chi connectivity index (χ0) is 24.3. The molecule has 7 nitrogen and oxygen atoms in total. The summed E-state index contributed by atoms with van der Waals surface area (Å²) in [7, 11) is -4.05. The predicted octanol–water partition coefficient (Wildman–Crippen LogP) is 1.92. The fraction of sp³-hybridized carbons (Fsp3) is 0.458. The number of piperazine rings is 2. The van der Waals surface area contributed by atoms with Gasteiger partial charge in [0.05, 0.1) is 6.54 Å². The molecule has 2 heterocycles. The number of aryl methyl sites for hydroxylation is 1. The van der Waals surface area contributed by atoms with Crippen LogP contribution >= 0.6 is 0 Å². The molecule has 0 radical (unpaired) electrons. The van der Waals surface area contributed by atoms with E-state index in [1.165, 1.54) is 15.4 Å². The Labute approximate surface area is 199 Å². The zero-order valence-corrected chi connectivity index (χ0v) is 20.1. The third-order valence-electron chi connectivity index (χ3n) is 6.58. The van der Waals surface area contributed by atoms with Crippen LogP contribution in [0.3, 0.4) is 0 Å². The molecule has 1 amide bonds. The predicted molar refractivity (Wildman–Crippen MR) is 125 cm³/mol. The Bertz CT molecular complexity index is 1130. The molecule has 0 saturated carbocycles. The molecule has 34 heavy (non-hydrogen) atoms. The quantitative estimate of drug-likeness (QED) is 0.617. The lowest BCUT2D eigenvalue weighted by Crippen LogP contribution is -2.54. The molecule has 0 aliphatic carbocycles. The molecule has 2 aliphatic rings. The van der Waals surface area contributed by atoms with Gasteiger partial charge in [0.1, 0.15) is 16.5 Å². The topological polar surface area (TPSA) is 64.2 Å². The zero-order valence-electron chi connectivity index (χ0n) is 19.3. The number of sulfonamides is 1. The smallest absolute Gasteiger partial charge is 0.246 e. The van der Waals surface area contributed by atoms with Gasteiger partial charge < -0.3 is 4.90 Å². The van der Waals surface area contributed by atoms with E-state index in [1.807, 2.05) is 21.9 Å². The fourth-order valence-electron chi connectivity index (χ4n) is 4.43. The molecule has 4 rings (SSSR count). The van der Waals surface area contributed by atoms with Crippen LogP contribution < -0.4 is 0 Å². The van der Waals surface area contributed by atoms with Crippen molar-refractivity contribution in [2.75, 3.05) is 58.9 Å². The van der Waals surface area contributed by atoms with Gasteiger partial charge in [0.25, 0.3) is 0 Å². The molecule has 10 heteroatoms. The summed E-state index contributed by atoms with van der Waals surface area (Å²) < 4.78 is 53.8. The molecule has 2 fully saturated rings. The Morgan fingerprint density at radius 3 is 2.18 bits per heavy atom. The number of rotatable bonds is 6. The maximum atomic E-state index is 14.0. The Balaban J connectivity index is 1.24. The number of hydrogen-bond acceptors (Lipinski definition) is 5. The summed E-state index contributed by atoms with van der Waals surface area (Å²) in [6.45, 7) is 7.23. The van der Waals surface area contributed by atoms with Crippen LogP contribution in [0.15, 0.2) is 47.4 Å². The summed E-state index contributed by atoms with van der Waals surface area (Å²) in [6.07, 6.45) is 0. The first-order chi connectivity index (χ1) is 16.2. The largest absolute Gasteiger partial charge is 0.339 e. The van der Waals surface area contributed by atoms with Crippen molar-refractivity contribution >= 4 is 15.9 Å². The van der Waals surface area contributed by atoms with Crippen LogP contribution in [0.2, 0.25) is 0 Å². The molecule has 0 atom stereocenters. The van der Waals surface area contributed by atoms with E-state index in [2.05, 4.69) is 24.0 Å². The van der Waals surface area contributed by atoms with Gasteiger partial charge in [-0.05, 0) is 30.2 Å². The molecule has 0 N–H and O–H groups in total. The standard InChI is InChI=1S/C24H30F2N4O3S/c1-19-4-2-3-5-20(19)17-27-8-12-29(13-9-27)24(31)18-28-10-14-30(15-11-28)34(32,33)23-7-6-21(25)16-22(23)26/h2-7,16H,8-15,17-18H2,1H3. The molecule has 2 aromatic rings. The number of carbonyl (C=O) groups is 1. The minimum absolute atomic E-state index is 0.0384. The van der Waals surface area contributed by atoms with Crippen molar-refractivity contribution in [3.05, 3.63) is 65.2 Å². The van der Waals surface area contributed by atoms with Crippen LogP contribution in [0.25, 0.3) is 0 Å². The summed E-state index contributed by atoms with van der Waals surface area (Å²) in [5, 5.41) is 0. The Kier molecular flexibility index (Phi) is 7.61. The average molecular weight is 493 g/mol. The van der Waals surface area contributed by atoms with Crippen molar-refractivity contribution in [1.82, 2.24) is 19.0 Å². The van der Waals surface area contributed by atoms with Crippen LogP contribution in [0.1, 0.15) is 11.1 Å². The van der Waals surface area contributed by atoms with Crippen LogP contribution in [0, 0.1) is 18.6 Å². The monoisotopic (exact) mass is 492 g/mol. The van der Waals surface area contributed by atoms with Gasteiger partial charge in [0.2, 0.25) is 15.9 Å². The third kappa shape index (κ3) is 5.63. The number of carbonyl (C=O) groups excluding carboxylic acids is 1. The van der Waals surface area contributed by atoms with E-state index < -0.39 is 26.6 Å². The highest BCUT2D eigenvalue weighted by Crippen LogP contribution is 2.21. The molecule has 184 valence electrons. The number of amides is 1. The van der Waals surface area contributed by atoms with Gasteiger partial charge in [-0.1, -0.05) is 24.3 Å². The molecule has 0 bridgehead atoms. The van der Waals surface area contributed by atoms with E-state index >= 15 is 0 Å². The van der Waals surface area contributed by atoms with Gasteiger partial charge in [-0.15, -0.1) is 0 Å². The lowest BCUT2D eigenvalue weighted by molar-refractivity contribution is -0.134. The number of benzene rings is 2. The van der Waals surface area contributed by atoms with Crippen molar-refractivity contribution < 1.29 is 22.0 Å². The first-order valence-corrected chi connectivity index (χ1v) is 12.9. The molecule has 2 saturated heterocycles. The molecule has 2 aliphatic heterocycles. The minimum Gasteiger partial charge on any atom is -0.339 e. The van der Waals surface area contributed by atoms with Gasteiger partial charge in [-0.25, -0.2) is 17.2 Å². The lowest BCUT2D eigenvalue weighted by atomic mass is 10.1. The van der Waals surface area contributed by atoms with E-state index in [0.29, 0.717) is 32.2 Å². The summed E-state index contributed by atoms with van der Waals surface area (Å²) in [5.41, 5.74) is 2.57. The molecular weight excluding hydrogens is 462 g/mol. The third-order valence-corrected chi connectivity index (χ3v) is 8.51. The van der Waals surface area contributed by atoms with Crippen LogP contribution in [0.4, 0.5) is 8.78 Å². The maximum Gasteiger partial charge on any atom is 0.246 e. The summed E-state index contributed by atoms with van der Waals surface area (Å²) >= 11 is 0. The fourth-order valence-corrected chi connectivity index (χ4v) is 5.89. The minimum atomic E-state index is -4.05. The summed E-state index contributed by atoms with van der Waals surface area (Å²) in [4.78, 5) is 18.4. The molecular formula is C24H30F2N4O3S. The van der Waals surface area contributed by atoms with Crippen molar-refractivity contribution in [3.8, 4) is 0 Å². The van der Waals surface area contributed by atoms with Crippen LogP contribution in [-0.2, 0) is 21.4 Å². The summed E-state index contributed by atoms with van der Waals surface area (Å²) in [6, 6.07) is 10.8. The molecule has 0 spiro atoms. The van der Waals surface area contributed by atoms with E-state index in [0.717, 1.165) is 31.8 Å². The second kappa shape index (κ2) is 10.5. The van der Waals surface area contributed by atoms with Gasteiger partial charge in [-0.3, -0.25) is 14.6 Å². The van der Waals surface area contributed by atoms with E-state index in [1.54, 1.807) is 0 Å². The van der Waals surface area contributed by atoms with E-state index in [9.17, 15) is 22.0 Å². The Hall–Kier alpha value is -2.40. The second-order valence-corrected chi connectivity index (χ2v) is 10.7. The second-order valence-electron chi connectivity index (χ2n) is 8.84. The summed E-state index contributed by atoms with van der Waals surface area (Å²) in [5.74, 6) is -1.88. The van der Waals surface area contributed by atoms with Crippen molar-refractivity contribution in [2.24, 2.45) is 0 Å². The normalized spacial score (nSPS) is 18.9. The highest BCUT2D eigenvalue weighted by Gasteiger charge is 2.32. The number of halogens is 2. The molecule has 2 aromatic carbocycles. The van der Waals surface area contributed by atoms with Gasteiger partial charge in [-0.2, -0.15) is 4.31 Å². The van der Waals surface area contributed by atoms with E-state index in [4.69, 9.17) is 0 Å². The number of hydrogen-bond donors (Lipinski definition) is 0. The van der Waals surface area contributed by atoms with Crippen molar-refractivity contribution in [1.29, 1.82) is 0 Å². The highest BCUT2D eigenvalue weighted by molar-refractivity contribution is 7.89. The SMILES string of the molecule is Cc1ccccc1CN1CCN(C(=O)CN2CCN(S(=O)(=O)c3ccc(F)cc3F)CC2)CC1. The van der Waals surface area contributed by atoms with Gasteiger partial charge in [0, 0.05) is 65.0 Å². The first kappa shape index (κ1) is 24.7. The average Bonchev–Trinajstić information content (AvgIpc) is 2.81. The Morgan fingerprint density at radius 2 is 1.53 bits per heavy atom.